The van der Waals surface area contributed by atoms with Crippen molar-refractivity contribution < 1.29 is 4.79 Å². The molecule has 0 aliphatic rings. The summed E-state index contributed by atoms with van der Waals surface area (Å²) in [6, 6.07) is 21.8. The van der Waals surface area contributed by atoms with Crippen LogP contribution in [0.3, 0.4) is 0 Å². The summed E-state index contributed by atoms with van der Waals surface area (Å²) in [6.45, 7) is 0. The molecule has 0 fully saturated rings. The lowest BCUT2D eigenvalue weighted by Crippen LogP contribution is -2.13. The van der Waals surface area contributed by atoms with Gasteiger partial charge in [-0.15, -0.1) is 0 Å². The van der Waals surface area contributed by atoms with Crippen molar-refractivity contribution in [3.63, 3.8) is 0 Å². The Balaban J connectivity index is 1.69. The van der Waals surface area contributed by atoms with Crippen LogP contribution >= 0.6 is 0 Å². The molecule has 1 heterocycles. The minimum Gasteiger partial charge on any atom is -0.326 e. The normalized spacial score (nSPS) is 10.3. The first-order valence-electron chi connectivity index (χ1n) is 7.66. The number of amides is 1. The molecular weight excluding hydrogens is 284 g/mol. The zero-order valence-corrected chi connectivity index (χ0v) is 12.8. The highest BCUT2D eigenvalue weighted by molar-refractivity contribution is 5.95. The van der Waals surface area contributed by atoms with Gasteiger partial charge in [0.15, 0.2) is 0 Å². The third-order valence-electron chi connectivity index (χ3n) is 3.65. The highest BCUT2D eigenvalue weighted by Crippen LogP contribution is 2.27. The van der Waals surface area contributed by atoms with Gasteiger partial charge in [0.2, 0.25) is 5.91 Å². The van der Waals surface area contributed by atoms with Crippen molar-refractivity contribution in [3.8, 4) is 11.1 Å². The quantitative estimate of drug-likeness (QED) is 0.762. The molecule has 1 amide bonds. The number of hydrogen-bond donors (Lipinski definition) is 1. The van der Waals surface area contributed by atoms with Crippen molar-refractivity contribution in [2.75, 3.05) is 5.32 Å². The Morgan fingerprint density at radius 3 is 2.48 bits per heavy atom. The van der Waals surface area contributed by atoms with Crippen LogP contribution in [0.4, 0.5) is 5.69 Å². The maximum absolute atomic E-state index is 12.2. The van der Waals surface area contributed by atoms with E-state index in [1.54, 1.807) is 12.4 Å². The second-order valence-corrected chi connectivity index (χ2v) is 5.32. The van der Waals surface area contributed by atoms with E-state index in [4.69, 9.17) is 0 Å². The number of nitrogens with one attached hydrogen (secondary N) is 1. The predicted octanol–water partition coefficient (Wildman–Crippen LogP) is 4.32. The molecule has 1 aromatic heterocycles. The van der Waals surface area contributed by atoms with Crippen molar-refractivity contribution >= 4 is 11.6 Å². The summed E-state index contributed by atoms with van der Waals surface area (Å²) in [5.74, 6) is 0.0113. The Bertz CT molecular complexity index is 770. The summed E-state index contributed by atoms with van der Waals surface area (Å²) in [6.07, 6.45) is 4.66. The molecule has 0 bridgehead atoms. The third kappa shape index (κ3) is 4.04. The van der Waals surface area contributed by atoms with Gasteiger partial charge < -0.3 is 5.32 Å². The van der Waals surface area contributed by atoms with E-state index in [2.05, 4.69) is 10.3 Å². The molecule has 1 N–H and O–H groups in total. The number of aryl methyl sites for hydroxylation is 1. The lowest BCUT2D eigenvalue weighted by molar-refractivity contribution is -0.116. The fraction of sp³-hybridized carbons (Fsp3) is 0.100. The number of rotatable bonds is 5. The van der Waals surface area contributed by atoms with Crippen LogP contribution in [-0.4, -0.2) is 10.9 Å². The molecule has 3 heteroatoms. The summed E-state index contributed by atoms with van der Waals surface area (Å²) in [5.41, 5.74) is 4.03. The highest BCUT2D eigenvalue weighted by Gasteiger charge is 2.08. The number of para-hydroxylation sites is 1. The van der Waals surface area contributed by atoms with Gasteiger partial charge in [-0.1, -0.05) is 54.6 Å². The molecule has 0 unspecified atom stereocenters. The Kier molecular flexibility index (Phi) is 4.79. The molecule has 0 radical (unpaired) electrons. The number of nitrogens with zero attached hydrogens (tertiary/aromatic N) is 1. The molecule has 2 aromatic carbocycles. The molecule has 0 atom stereocenters. The number of carbonyl (C=O) groups is 1. The Labute approximate surface area is 136 Å². The van der Waals surface area contributed by atoms with E-state index >= 15 is 0 Å². The first-order valence-corrected chi connectivity index (χ1v) is 7.66. The summed E-state index contributed by atoms with van der Waals surface area (Å²) in [5, 5.41) is 3.02. The molecule has 3 nitrogen and oxygen atoms in total. The van der Waals surface area contributed by atoms with Gasteiger partial charge >= 0.3 is 0 Å². The van der Waals surface area contributed by atoms with Crippen molar-refractivity contribution in [1.82, 2.24) is 4.98 Å². The van der Waals surface area contributed by atoms with Crippen LogP contribution in [0.25, 0.3) is 11.1 Å². The second kappa shape index (κ2) is 7.36. The molecule has 0 aliphatic carbocycles. The lowest BCUT2D eigenvalue weighted by Gasteiger charge is -2.11. The maximum Gasteiger partial charge on any atom is 0.224 e. The van der Waals surface area contributed by atoms with Gasteiger partial charge in [0.05, 0.1) is 0 Å². The maximum atomic E-state index is 12.2. The van der Waals surface area contributed by atoms with Gasteiger partial charge in [0, 0.05) is 30.1 Å². The standard InChI is InChI=1S/C20H18N2O/c23-20(13-12-16-7-6-14-21-15-16)22-19-11-5-4-10-18(19)17-8-2-1-3-9-17/h1-11,14-15H,12-13H2,(H,22,23). The smallest absolute Gasteiger partial charge is 0.224 e. The van der Waals surface area contributed by atoms with E-state index < -0.39 is 0 Å². The summed E-state index contributed by atoms with van der Waals surface area (Å²) >= 11 is 0. The van der Waals surface area contributed by atoms with Crippen LogP contribution in [-0.2, 0) is 11.2 Å². The van der Waals surface area contributed by atoms with Gasteiger partial charge in [0.1, 0.15) is 0 Å². The fourth-order valence-electron chi connectivity index (χ4n) is 2.48. The van der Waals surface area contributed by atoms with Gasteiger partial charge in [-0.3, -0.25) is 9.78 Å². The van der Waals surface area contributed by atoms with Gasteiger partial charge in [-0.05, 0) is 29.7 Å². The van der Waals surface area contributed by atoms with Crippen LogP contribution in [0.15, 0.2) is 79.1 Å². The number of benzene rings is 2. The van der Waals surface area contributed by atoms with Crippen LogP contribution in [0.5, 0.6) is 0 Å². The first-order chi connectivity index (χ1) is 11.3. The van der Waals surface area contributed by atoms with Crippen LogP contribution in [0, 0.1) is 0 Å². The molecule has 3 aromatic rings. The molecule has 0 saturated heterocycles. The summed E-state index contributed by atoms with van der Waals surface area (Å²) < 4.78 is 0. The first kappa shape index (κ1) is 15.0. The SMILES string of the molecule is O=C(CCc1cccnc1)Nc1ccccc1-c1ccccc1. The van der Waals surface area contributed by atoms with Crippen molar-refractivity contribution in [3.05, 3.63) is 84.7 Å². The minimum absolute atomic E-state index is 0.0113. The molecule has 23 heavy (non-hydrogen) atoms. The largest absolute Gasteiger partial charge is 0.326 e. The summed E-state index contributed by atoms with van der Waals surface area (Å²) in [7, 11) is 0. The third-order valence-corrected chi connectivity index (χ3v) is 3.65. The Hall–Kier alpha value is -2.94. The minimum atomic E-state index is 0.0113. The number of pyridine rings is 1. The molecule has 3 rings (SSSR count). The van der Waals surface area contributed by atoms with Gasteiger partial charge in [-0.2, -0.15) is 0 Å². The number of carbonyl (C=O) groups excluding carboxylic acids is 1. The zero-order chi connectivity index (χ0) is 15.9. The van der Waals surface area contributed by atoms with Crippen LogP contribution in [0.2, 0.25) is 0 Å². The molecule has 0 saturated carbocycles. The average Bonchev–Trinajstić information content (AvgIpc) is 2.62. The second-order valence-electron chi connectivity index (χ2n) is 5.32. The molecule has 114 valence electrons. The topological polar surface area (TPSA) is 42.0 Å². The van der Waals surface area contributed by atoms with Crippen molar-refractivity contribution in [2.45, 2.75) is 12.8 Å². The molecule has 0 spiro atoms. The van der Waals surface area contributed by atoms with E-state index in [0.717, 1.165) is 22.4 Å². The Morgan fingerprint density at radius 2 is 1.70 bits per heavy atom. The van der Waals surface area contributed by atoms with Gasteiger partial charge in [-0.25, -0.2) is 0 Å². The highest BCUT2D eigenvalue weighted by atomic mass is 16.1. The number of anilines is 1. The van der Waals surface area contributed by atoms with Crippen molar-refractivity contribution in [2.24, 2.45) is 0 Å². The lowest BCUT2D eigenvalue weighted by atomic mass is 10.0. The predicted molar refractivity (Wildman–Crippen MR) is 93.1 cm³/mol. The Morgan fingerprint density at radius 1 is 0.913 bits per heavy atom. The zero-order valence-electron chi connectivity index (χ0n) is 12.8. The van der Waals surface area contributed by atoms with E-state index in [0.29, 0.717) is 12.8 Å². The van der Waals surface area contributed by atoms with Crippen molar-refractivity contribution in [1.29, 1.82) is 0 Å². The monoisotopic (exact) mass is 302 g/mol. The number of hydrogen-bond acceptors (Lipinski definition) is 2. The van der Waals surface area contributed by atoms with Crippen LogP contribution < -0.4 is 5.32 Å². The van der Waals surface area contributed by atoms with E-state index in [-0.39, 0.29) is 5.91 Å². The fourth-order valence-corrected chi connectivity index (χ4v) is 2.48. The van der Waals surface area contributed by atoms with E-state index in [9.17, 15) is 4.79 Å². The molecular formula is C20H18N2O. The van der Waals surface area contributed by atoms with E-state index in [1.165, 1.54) is 0 Å². The van der Waals surface area contributed by atoms with Gasteiger partial charge in [0.25, 0.3) is 0 Å². The number of aromatic nitrogens is 1. The average molecular weight is 302 g/mol. The van der Waals surface area contributed by atoms with Crippen LogP contribution in [0.1, 0.15) is 12.0 Å². The molecule has 0 aliphatic heterocycles. The summed E-state index contributed by atoms with van der Waals surface area (Å²) in [4.78, 5) is 16.3. The van der Waals surface area contributed by atoms with E-state index in [1.807, 2.05) is 66.7 Å².